The molecule has 1 atom stereocenters. The summed E-state index contributed by atoms with van der Waals surface area (Å²) >= 11 is 15.8. The average Bonchev–Trinajstić information content (AvgIpc) is 2.66. The Balaban J connectivity index is 3.08. The normalized spacial score (nSPS) is 13.9. The van der Waals surface area contributed by atoms with Crippen molar-refractivity contribution in [2.24, 2.45) is 0 Å². The van der Waals surface area contributed by atoms with E-state index in [4.69, 9.17) is 27.9 Å². The Bertz CT molecular complexity index is 684. The highest BCUT2D eigenvalue weighted by molar-refractivity contribution is 9.10. The van der Waals surface area contributed by atoms with Gasteiger partial charge in [0.25, 0.3) is 0 Å². The Morgan fingerprint density at radius 3 is 2.30 bits per heavy atom. The van der Waals surface area contributed by atoms with Gasteiger partial charge in [-0.05, 0) is 36.7 Å². The van der Waals surface area contributed by atoms with Crippen LogP contribution in [0.3, 0.4) is 0 Å². The molecule has 1 rings (SSSR count). The molecule has 1 N–H and O–H groups in total. The summed E-state index contributed by atoms with van der Waals surface area (Å²) < 4.78 is 37.6. The topological polar surface area (TPSA) is 81.7 Å². The SMILES string of the molecule is COC(=O)C(COC(C)(C)C)NS(=O)(=O)c1c(Cl)sc(Cl)c1Br. The third kappa shape index (κ3) is 5.84. The maximum absolute atomic E-state index is 12.5. The van der Waals surface area contributed by atoms with Crippen molar-refractivity contribution in [3.8, 4) is 0 Å². The molecule has 0 aliphatic heterocycles. The molecule has 1 aromatic heterocycles. The number of hydrogen-bond acceptors (Lipinski definition) is 6. The van der Waals surface area contributed by atoms with Gasteiger partial charge >= 0.3 is 5.97 Å². The lowest BCUT2D eigenvalue weighted by Crippen LogP contribution is -2.46. The van der Waals surface area contributed by atoms with Crippen LogP contribution >= 0.6 is 50.5 Å². The molecule has 0 spiro atoms. The van der Waals surface area contributed by atoms with Crippen LogP contribution in [0, 0.1) is 0 Å². The van der Waals surface area contributed by atoms with Crippen LogP contribution in [0.4, 0.5) is 0 Å². The molecule has 6 nitrogen and oxygen atoms in total. The molecule has 1 heterocycles. The van der Waals surface area contributed by atoms with E-state index in [-0.39, 0.29) is 24.6 Å². The van der Waals surface area contributed by atoms with E-state index in [2.05, 4.69) is 25.4 Å². The molecule has 23 heavy (non-hydrogen) atoms. The van der Waals surface area contributed by atoms with Gasteiger partial charge in [0, 0.05) is 0 Å². The molecule has 0 aliphatic carbocycles. The van der Waals surface area contributed by atoms with Gasteiger partial charge in [0.15, 0.2) is 0 Å². The molecule has 0 bridgehead atoms. The highest BCUT2D eigenvalue weighted by atomic mass is 79.9. The van der Waals surface area contributed by atoms with Crippen LogP contribution in [0.2, 0.25) is 8.67 Å². The molecule has 132 valence electrons. The molecular formula is C12H16BrCl2NO5S2. The van der Waals surface area contributed by atoms with Crippen molar-refractivity contribution in [3.63, 3.8) is 0 Å². The summed E-state index contributed by atoms with van der Waals surface area (Å²) in [5.41, 5.74) is -0.554. The number of thiophene rings is 1. The van der Waals surface area contributed by atoms with E-state index in [9.17, 15) is 13.2 Å². The number of sulfonamides is 1. The van der Waals surface area contributed by atoms with Crippen LogP contribution in [-0.4, -0.2) is 39.7 Å². The number of nitrogens with one attached hydrogen (secondary N) is 1. The van der Waals surface area contributed by atoms with E-state index in [1.54, 1.807) is 20.8 Å². The van der Waals surface area contributed by atoms with Crippen LogP contribution < -0.4 is 4.72 Å². The first-order valence-corrected chi connectivity index (χ1v) is 10.1. The van der Waals surface area contributed by atoms with Crippen molar-refractivity contribution in [3.05, 3.63) is 13.1 Å². The summed E-state index contributed by atoms with van der Waals surface area (Å²) in [4.78, 5) is 11.6. The summed E-state index contributed by atoms with van der Waals surface area (Å²) in [6, 6.07) is -1.22. The highest BCUT2D eigenvalue weighted by Crippen LogP contribution is 2.42. The minimum atomic E-state index is -4.11. The number of ether oxygens (including phenoxy) is 2. The molecule has 0 amide bonds. The summed E-state index contributed by atoms with van der Waals surface area (Å²) in [6.07, 6.45) is 0. The van der Waals surface area contributed by atoms with Gasteiger partial charge in [-0.2, -0.15) is 4.72 Å². The Labute approximate surface area is 157 Å². The fourth-order valence-corrected chi connectivity index (χ4v) is 6.17. The van der Waals surface area contributed by atoms with Crippen molar-refractivity contribution in [1.82, 2.24) is 4.72 Å². The minimum absolute atomic E-state index is 0.0188. The molecule has 0 saturated carbocycles. The van der Waals surface area contributed by atoms with Gasteiger partial charge in [-0.1, -0.05) is 23.2 Å². The predicted octanol–water partition coefficient (Wildman–Crippen LogP) is 3.45. The number of carbonyl (C=O) groups excluding carboxylic acids is 1. The molecule has 0 aliphatic rings. The summed E-state index contributed by atoms with van der Waals surface area (Å²) in [6.45, 7) is 5.15. The van der Waals surface area contributed by atoms with Gasteiger partial charge in [0.1, 0.15) is 19.6 Å². The first-order chi connectivity index (χ1) is 10.4. The van der Waals surface area contributed by atoms with Gasteiger partial charge in [-0.25, -0.2) is 8.42 Å². The number of esters is 1. The van der Waals surface area contributed by atoms with Gasteiger partial charge < -0.3 is 9.47 Å². The first-order valence-electron chi connectivity index (χ1n) is 6.26. The largest absolute Gasteiger partial charge is 0.468 e. The van der Waals surface area contributed by atoms with Crippen molar-refractivity contribution in [2.45, 2.75) is 37.3 Å². The summed E-state index contributed by atoms with van der Waals surface area (Å²) in [5.74, 6) is -0.772. The Morgan fingerprint density at radius 1 is 1.35 bits per heavy atom. The van der Waals surface area contributed by atoms with Gasteiger partial charge in [0.2, 0.25) is 10.0 Å². The van der Waals surface area contributed by atoms with E-state index < -0.39 is 27.6 Å². The van der Waals surface area contributed by atoms with Crippen LogP contribution in [0.5, 0.6) is 0 Å². The van der Waals surface area contributed by atoms with Crippen molar-refractivity contribution in [1.29, 1.82) is 0 Å². The van der Waals surface area contributed by atoms with Crippen LogP contribution in [-0.2, 0) is 24.3 Å². The standard InChI is InChI=1S/C12H16BrCl2NO5S2/c1-12(2,3)21-5-6(11(17)20-4)16-23(18,19)8-7(13)9(14)22-10(8)15/h6,16H,5H2,1-4H3. The second-order valence-corrected chi connectivity index (χ2v) is 10.1. The number of hydrogen-bond donors (Lipinski definition) is 1. The lowest BCUT2D eigenvalue weighted by atomic mass is 10.2. The molecule has 11 heteroatoms. The van der Waals surface area contributed by atoms with E-state index in [0.29, 0.717) is 0 Å². The quantitative estimate of drug-likeness (QED) is 0.646. The number of carbonyl (C=O) groups is 1. The summed E-state index contributed by atoms with van der Waals surface area (Å²) in [5, 5.41) is 0. The smallest absolute Gasteiger partial charge is 0.326 e. The predicted molar refractivity (Wildman–Crippen MR) is 93.9 cm³/mol. The monoisotopic (exact) mass is 467 g/mol. The molecule has 1 aromatic rings. The fourth-order valence-electron chi connectivity index (χ4n) is 1.44. The zero-order valence-electron chi connectivity index (χ0n) is 12.8. The number of methoxy groups -OCH3 is 1. The zero-order chi connectivity index (χ0) is 18.0. The number of rotatable bonds is 6. The van der Waals surface area contributed by atoms with E-state index in [1.807, 2.05) is 0 Å². The fraction of sp³-hybridized carbons (Fsp3) is 0.583. The van der Waals surface area contributed by atoms with Crippen molar-refractivity contribution in [2.75, 3.05) is 13.7 Å². The first kappa shape index (κ1) is 21.1. The molecule has 0 fully saturated rings. The van der Waals surface area contributed by atoms with Crippen LogP contribution in [0.1, 0.15) is 20.8 Å². The van der Waals surface area contributed by atoms with E-state index >= 15 is 0 Å². The van der Waals surface area contributed by atoms with E-state index in [0.717, 1.165) is 18.4 Å². The van der Waals surface area contributed by atoms with Crippen molar-refractivity contribution < 1.29 is 22.7 Å². The average molecular weight is 469 g/mol. The third-order valence-electron chi connectivity index (χ3n) is 2.46. The third-order valence-corrected chi connectivity index (χ3v) is 7.40. The van der Waals surface area contributed by atoms with Crippen molar-refractivity contribution >= 4 is 66.5 Å². The number of halogens is 3. The summed E-state index contributed by atoms with van der Waals surface area (Å²) in [7, 11) is -2.95. The van der Waals surface area contributed by atoms with Gasteiger partial charge in [0.05, 0.1) is 23.8 Å². The zero-order valence-corrected chi connectivity index (χ0v) is 17.5. The maximum atomic E-state index is 12.5. The lowest BCUT2D eigenvalue weighted by Gasteiger charge is -2.23. The Hall–Kier alpha value is 0.1000. The molecule has 0 saturated heterocycles. The van der Waals surface area contributed by atoms with E-state index in [1.165, 1.54) is 0 Å². The van der Waals surface area contributed by atoms with Crippen LogP contribution in [0.15, 0.2) is 9.37 Å². The second-order valence-electron chi connectivity index (χ2n) is 5.41. The highest BCUT2D eigenvalue weighted by Gasteiger charge is 2.32. The molecular weight excluding hydrogens is 453 g/mol. The van der Waals surface area contributed by atoms with Gasteiger partial charge in [-0.3, -0.25) is 4.79 Å². The Morgan fingerprint density at radius 2 is 1.91 bits per heavy atom. The van der Waals surface area contributed by atoms with Gasteiger partial charge in [-0.15, -0.1) is 11.3 Å². The second kappa shape index (κ2) is 7.99. The Kier molecular flexibility index (Phi) is 7.34. The lowest BCUT2D eigenvalue weighted by molar-refractivity contribution is -0.145. The maximum Gasteiger partial charge on any atom is 0.326 e. The minimum Gasteiger partial charge on any atom is -0.468 e. The van der Waals surface area contributed by atoms with Crippen LogP contribution in [0.25, 0.3) is 0 Å². The molecule has 0 aromatic carbocycles. The molecule has 1 unspecified atom stereocenters. The molecule has 0 radical (unpaired) electrons.